The summed E-state index contributed by atoms with van der Waals surface area (Å²) in [6, 6.07) is 9.00. The molecule has 3 aromatic heterocycles. The molecule has 0 aliphatic rings. The molecule has 0 saturated heterocycles. The van der Waals surface area contributed by atoms with E-state index < -0.39 is 12.6 Å². The highest BCUT2D eigenvalue weighted by Crippen LogP contribution is 2.28. The summed E-state index contributed by atoms with van der Waals surface area (Å²) < 4.78 is 31.1. The van der Waals surface area contributed by atoms with Crippen LogP contribution in [0.25, 0.3) is 22.4 Å². The molecule has 34 heavy (non-hydrogen) atoms. The fourth-order valence-electron chi connectivity index (χ4n) is 3.92. The average molecular weight is 465 g/mol. The highest BCUT2D eigenvalue weighted by Gasteiger charge is 2.23. The molecule has 0 fully saturated rings. The number of carbonyl (C=O) groups is 2. The first kappa shape index (κ1) is 23.3. The number of esters is 1. The molecule has 0 unspecified atom stereocenters. The number of hydrogen-bond donors (Lipinski definition) is 0. The number of methoxy groups -OCH3 is 1. The molecular weight excluding hydrogens is 441 g/mol. The Morgan fingerprint density at radius 2 is 1.82 bits per heavy atom. The molecule has 176 valence electrons. The van der Waals surface area contributed by atoms with Gasteiger partial charge >= 0.3 is 5.97 Å². The van der Waals surface area contributed by atoms with Gasteiger partial charge in [-0.15, -0.1) is 0 Å². The van der Waals surface area contributed by atoms with Crippen molar-refractivity contribution in [2.75, 3.05) is 20.3 Å². The normalized spacial score (nSPS) is 11.2. The summed E-state index contributed by atoms with van der Waals surface area (Å²) in [5.74, 6) is -1.40. The molecule has 0 amide bonds. The zero-order chi connectivity index (χ0) is 24.4. The van der Waals surface area contributed by atoms with Crippen molar-refractivity contribution in [1.29, 1.82) is 0 Å². The molecule has 8 nitrogen and oxygen atoms in total. The number of benzene rings is 1. The van der Waals surface area contributed by atoms with E-state index in [-0.39, 0.29) is 22.9 Å². The first-order valence-corrected chi connectivity index (χ1v) is 10.7. The first-order chi connectivity index (χ1) is 16.3. The Kier molecular flexibility index (Phi) is 6.56. The number of Topliss-reactive ketones (excluding diaryl/α,β-unsaturated/α-hetero) is 1. The predicted octanol–water partition coefficient (Wildman–Crippen LogP) is 4.44. The molecule has 0 radical (unpaired) electrons. The van der Waals surface area contributed by atoms with Gasteiger partial charge in [-0.25, -0.2) is 14.2 Å². The Labute approximate surface area is 195 Å². The standard InChI is InChI=1S/C25H24FN3O5/c1-14-11-19(16(3)29(14)9-10-32-4)22(30)13-33-25(31)20-12-21(17-5-7-18(26)8-6-17)27-24-23(20)15(2)28-34-24/h5-8,11-12H,9-10,13H2,1-4H3. The van der Waals surface area contributed by atoms with Gasteiger partial charge in [0.2, 0.25) is 5.78 Å². The fourth-order valence-corrected chi connectivity index (χ4v) is 3.92. The second kappa shape index (κ2) is 9.56. The number of pyridine rings is 1. The quantitative estimate of drug-likeness (QED) is 0.280. The molecule has 3 heterocycles. The molecule has 0 spiro atoms. The third kappa shape index (κ3) is 4.47. The second-order valence-electron chi connectivity index (χ2n) is 7.94. The number of rotatable bonds is 8. The van der Waals surface area contributed by atoms with Crippen molar-refractivity contribution in [3.63, 3.8) is 0 Å². The lowest BCUT2D eigenvalue weighted by Gasteiger charge is -2.09. The number of halogens is 1. The van der Waals surface area contributed by atoms with Gasteiger partial charge in [0.05, 0.1) is 28.9 Å². The molecule has 0 N–H and O–H groups in total. The monoisotopic (exact) mass is 465 g/mol. The Morgan fingerprint density at radius 1 is 1.09 bits per heavy atom. The van der Waals surface area contributed by atoms with Crippen LogP contribution >= 0.6 is 0 Å². The van der Waals surface area contributed by atoms with E-state index in [1.165, 1.54) is 18.2 Å². The summed E-state index contributed by atoms with van der Waals surface area (Å²) >= 11 is 0. The fraction of sp³-hybridized carbons (Fsp3) is 0.280. The summed E-state index contributed by atoms with van der Waals surface area (Å²) in [4.78, 5) is 30.3. The molecule has 0 bridgehead atoms. The third-order valence-electron chi connectivity index (χ3n) is 5.70. The van der Waals surface area contributed by atoms with E-state index in [4.69, 9.17) is 14.0 Å². The molecular formula is C25H24FN3O5. The van der Waals surface area contributed by atoms with Gasteiger partial charge in [0.15, 0.2) is 6.61 Å². The van der Waals surface area contributed by atoms with Crippen LogP contribution in [-0.2, 0) is 16.0 Å². The van der Waals surface area contributed by atoms with E-state index >= 15 is 0 Å². The number of hydrogen-bond acceptors (Lipinski definition) is 7. The minimum absolute atomic E-state index is 0.152. The van der Waals surface area contributed by atoms with Crippen LogP contribution in [0.4, 0.5) is 4.39 Å². The van der Waals surface area contributed by atoms with Crippen molar-refractivity contribution in [3.8, 4) is 11.3 Å². The molecule has 9 heteroatoms. The number of carbonyl (C=O) groups excluding carboxylic acids is 2. The van der Waals surface area contributed by atoms with Crippen LogP contribution in [0.2, 0.25) is 0 Å². The lowest BCUT2D eigenvalue weighted by Crippen LogP contribution is -2.16. The van der Waals surface area contributed by atoms with E-state index in [9.17, 15) is 14.0 Å². The van der Waals surface area contributed by atoms with Crippen molar-refractivity contribution >= 4 is 22.9 Å². The Balaban J connectivity index is 1.59. The van der Waals surface area contributed by atoms with Gasteiger partial charge < -0.3 is 18.6 Å². The van der Waals surface area contributed by atoms with E-state index in [0.717, 1.165) is 11.4 Å². The summed E-state index contributed by atoms with van der Waals surface area (Å²) in [6.07, 6.45) is 0. The summed E-state index contributed by atoms with van der Waals surface area (Å²) in [7, 11) is 1.62. The van der Waals surface area contributed by atoms with E-state index in [1.807, 2.05) is 18.4 Å². The van der Waals surface area contributed by atoms with Crippen LogP contribution in [0.3, 0.4) is 0 Å². The number of aromatic nitrogens is 3. The summed E-state index contributed by atoms with van der Waals surface area (Å²) in [5, 5.41) is 4.30. The number of ether oxygens (including phenoxy) is 2. The SMILES string of the molecule is COCCn1c(C)cc(C(=O)COC(=O)c2cc(-c3ccc(F)cc3)nc3onc(C)c23)c1C. The summed E-state index contributed by atoms with van der Waals surface area (Å²) in [5.41, 5.74) is 3.97. The minimum Gasteiger partial charge on any atom is -0.454 e. The minimum atomic E-state index is -0.705. The van der Waals surface area contributed by atoms with Crippen LogP contribution in [-0.4, -0.2) is 46.8 Å². The molecule has 0 aliphatic heterocycles. The van der Waals surface area contributed by atoms with Crippen molar-refractivity contribution in [2.24, 2.45) is 0 Å². The second-order valence-corrected chi connectivity index (χ2v) is 7.94. The van der Waals surface area contributed by atoms with E-state index in [1.54, 1.807) is 32.2 Å². The molecule has 0 atom stereocenters. The predicted molar refractivity (Wildman–Crippen MR) is 122 cm³/mol. The molecule has 0 aliphatic carbocycles. The summed E-state index contributed by atoms with van der Waals surface area (Å²) in [6.45, 7) is 6.15. The van der Waals surface area contributed by atoms with Gasteiger partial charge in [-0.1, -0.05) is 5.16 Å². The maximum Gasteiger partial charge on any atom is 0.339 e. The van der Waals surface area contributed by atoms with E-state index in [2.05, 4.69) is 10.1 Å². The van der Waals surface area contributed by atoms with Gasteiger partial charge in [-0.3, -0.25) is 4.79 Å². The molecule has 4 rings (SSSR count). The Bertz CT molecular complexity index is 1370. The topological polar surface area (TPSA) is 96.5 Å². The number of aryl methyl sites for hydroxylation is 2. The molecule has 1 aromatic carbocycles. The Morgan fingerprint density at radius 3 is 2.53 bits per heavy atom. The smallest absolute Gasteiger partial charge is 0.339 e. The van der Waals surface area contributed by atoms with Gasteiger partial charge in [0.1, 0.15) is 5.82 Å². The third-order valence-corrected chi connectivity index (χ3v) is 5.70. The zero-order valence-corrected chi connectivity index (χ0v) is 19.3. The Hall–Kier alpha value is -3.85. The van der Waals surface area contributed by atoms with E-state index in [0.29, 0.717) is 41.1 Å². The number of ketones is 1. The maximum atomic E-state index is 13.3. The highest BCUT2D eigenvalue weighted by molar-refractivity contribution is 6.06. The van der Waals surface area contributed by atoms with Gasteiger partial charge in [-0.05, 0) is 57.2 Å². The van der Waals surface area contributed by atoms with Gasteiger partial charge in [-0.2, -0.15) is 0 Å². The number of fused-ring (bicyclic) bond motifs is 1. The van der Waals surface area contributed by atoms with Crippen LogP contribution in [0, 0.1) is 26.6 Å². The largest absolute Gasteiger partial charge is 0.454 e. The van der Waals surface area contributed by atoms with Gasteiger partial charge in [0.25, 0.3) is 5.71 Å². The first-order valence-electron chi connectivity index (χ1n) is 10.7. The van der Waals surface area contributed by atoms with Gasteiger partial charge in [0, 0.05) is 36.2 Å². The molecule has 0 saturated carbocycles. The van der Waals surface area contributed by atoms with Crippen molar-refractivity contribution in [2.45, 2.75) is 27.3 Å². The van der Waals surface area contributed by atoms with Crippen molar-refractivity contribution in [1.82, 2.24) is 14.7 Å². The lowest BCUT2D eigenvalue weighted by atomic mass is 10.1. The highest BCUT2D eigenvalue weighted by atomic mass is 19.1. The number of nitrogens with zero attached hydrogens (tertiary/aromatic N) is 3. The van der Waals surface area contributed by atoms with Crippen LogP contribution in [0.5, 0.6) is 0 Å². The van der Waals surface area contributed by atoms with Crippen LogP contribution < -0.4 is 0 Å². The van der Waals surface area contributed by atoms with Crippen LogP contribution in [0.1, 0.15) is 37.8 Å². The maximum absolute atomic E-state index is 13.3. The molecule has 4 aromatic rings. The van der Waals surface area contributed by atoms with Crippen molar-refractivity contribution < 1.29 is 28.0 Å². The average Bonchev–Trinajstić information content (AvgIpc) is 3.34. The zero-order valence-electron chi connectivity index (χ0n) is 19.3. The lowest BCUT2D eigenvalue weighted by molar-refractivity contribution is 0.0476. The van der Waals surface area contributed by atoms with Crippen LogP contribution in [0.15, 0.2) is 40.9 Å². The van der Waals surface area contributed by atoms with Crippen molar-refractivity contribution in [3.05, 3.63) is 70.4 Å².